The molecule has 0 fully saturated rings. The van der Waals surface area contributed by atoms with Crippen LogP contribution in [0.4, 0.5) is 0 Å². The molecule has 0 saturated carbocycles. The molecule has 0 heterocycles. The van der Waals surface area contributed by atoms with Gasteiger partial charge in [0, 0.05) is 16.5 Å². The second-order valence-electron chi connectivity index (χ2n) is 4.22. The molecule has 0 saturated heterocycles. The zero-order chi connectivity index (χ0) is 12.8. The lowest BCUT2D eigenvalue weighted by Gasteiger charge is -2.10. The minimum absolute atomic E-state index is 0.189. The van der Waals surface area contributed by atoms with Crippen LogP contribution in [0.5, 0.6) is 5.75 Å². The molecule has 0 aliphatic carbocycles. The summed E-state index contributed by atoms with van der Waals surface area (Å²) in [6, 6.07) is 5.53. The predicted octanol–water partition coefficient (Wildman–Crippen LogP) is 4.47. The highest BCUT2D eigenvalue weighted by molar-refractivity contribution is 9.10. The summed E-state index contributed by atoms with van der Waals surface area (Å²) in [5.74, 6) is 1.41. The number of ether oxygens (including phenoxy) is 1. The quantitative estimate of drug-likeness (QED) is 0.725. The van der Waals surface area contributed by atoms with Crippen LogP contribution in [0.25, 0.3) is 0 Å². The zero-order valence-corrected chi connectivity index (χ0v) is 12.2. The molecule has 1 atom stereocenters. The molecule has 17 heavy (non-hydrogen) atoms. The van der Waals surface area contributed by atoms with Gasteiger partial charge in [-0.15, -0.1) is 0 Å². The molecule has 1 aromatic carbocycles. The van der Waals surface area contributed by atoms with Crippen molar-refractivity contribution in [2.75, 3.05) is 6.61 Å². The third-order valence-corrected chi connectivity index (χ3v) is 3.44. The molecule has 0 aliphatic rings. The molecule has 0 aliphatic heterocycles. The largest absolute Gasteiger partial charge is 0.494 e. The van der Waals surface area contributed by atoms with E-state index in [1.165, 1.54) is 0 Å². The first kappa shape index (κ1) is 14.2. The van der Waals surface area contributed by atoms with Gasteiger partial charge < -0.3 is 4.74 Å². The number of hydrogen-bond donors (Lipinski definition) is 0. The van der Waals surface area contributed by atoms with Gasteiger partial charge in [0.25, 0.3) is 0 Å². The average molecular weight is 299 g/mol. The van der Waals surface area contributed by atoms with Crippen molar-refractivity contribution < 1.29 is 9.53 Å². The SMILES string of the molecule is CCOc1ccc(C(=O)CC(C)CC)c(Br)c1. The molecule has 0 spiro atoms. The Bertz CT molecular complexity index is 388. The average Bonchev–Trinajstić information content (AvgIpc) is 2.29. The van der Waals surface area contributed by atoms with E-state index in [1.807, 2.05) is 25.1 Å². The highest BCUT2D eigenvalue weighted by Gasteiger charge is 2.13. The molecule has 1 rings (SSSR count). The predicted molar refractivity (Wildman–Crippen MR) is 73.7 cm³/mol. The Labute approximate surface area is 111 Å². The minimum Gasteiger partial charge on any atom is -0.494 e. The summed E-state index contributed by atoms with van der Waals surface area (Å²) in [6.07, 6.45) is 1.63. The van der Waals surface area contributed by atoms with Crippen LogP contribution in [0.2, 0.25) is 0 Å². The van der Waals surface area contributed by atoms with Gasteiger partial charge in [0.1, 0.15) is 5.75 Å². The van der Waals surface area contributed by atoms with Crippen LogP contribution in [0.15, 0.2) is 22.7 Å². The van der Waals surface area contributed by atoms with Crippen molar-refractivity contribution in [1.82, 2.24) is 0 Å². The van der Waals surface area contributed by atoms with Gasteiger partial charge >= 0.3 is 0 Å². The number of ketones is 1. The molecule has 1 aromatic rings. The summed E-state index contributed by atoms with van der Waals surface area (Å²) >= 11 is 3.43. The maximum atomic E-state index is 12.0. The molecular formula is C14H19BrO2. The molecule has 0 aromatic heterocycles. The molecule has 94 valence electrons. The van der Waals surface area contributed by atoms with Crippen molar-refractivity contribution in [3.63, 3.8) is 0 Å². The summed E-state index contributed by atoms with van der Waals surface area (Å²) in [6.45, 7) is 6.77. The van der Waals surface area contributed by atoms with Crippen LogP contribution >= 0.6 is 15.9 Å². The fraction of sp³-hybridized carbons (Fsp3) is 0.500. The molecule has 0 radical (unpaired) electrons. The number of halogens is 1. The molecule has 2 nitrogen and oxygen atoms in total. The van der Waals surface area contributed by atoms with Gasteiger partial charge in [0.15, 0.2) is 5.78 Å². The highest BCUT2D eigenvalue weighted by Crippen LogP contribution is 2.25. The van der Waals surface area contributed by atoms with E-state index in [2.05, 4.69) is 29.8 Å². The molecule has 3 heteroatoms. The number of Topliss-reactive ketones (excluding diaryl/α,β-unsaturated/α-hetero) is 1. The van der Waals surface area contributed by atoms with Crippen LogP contribution in [0.1, 0.15) is 44.0 Å². The third kappa shape index (κ3) is 4.15. The Hall–Kier alpha value is -0.830. The second-order valence-corrected chi connectivity index (χ2v) is 5.07. The summed E-state index contributed by atoms with van der Waals surface area (Å²) in [5, 5.41) is 0. The van der Waals surface area contributed by atoms with E-state index in [0.717, 1.165) is 22.2 Å². The van der Waals surface area contributed by atoms with Gasteiger partial charge in [-0.1, -0.05) is 20.3 Å². The molecule has 0 bridgehead atoms. The van der Waals surface area contributed by atoms with Gasteiger partial charge in [-0.25, -0.2) is 0 Å². The van der Waals surface area contributed by atoms with Crippen LogP contribution in [-0.2, 0) is 0 Å². The fourth-order valence-electron chi connectivity index (χ4n) is 1.55. The number of benzene rings is 1. The first-order valence-corrected chi connectivity index (χ1v) is 6.83. The lowest BCUT2D eigenvalue weighted by atomic mass is 9.98. The summed E-state index contributed by atoms with van der Waals surface area (Å²) < 4.78 is 6.20. The smallest absolute Gasteiger partial charge is 0.164 e. The summed E-state index contributed by atoms with van der Waals surface area (Å²) in [5.41, 5.74) is 0.744. The van der Waals surface area contributed by atoms with E-state index in [9.17, 15) is 4.79 Å². The summed E-state index contributed by atoms with van der Waals surface area (Å²) in [4.78, 5) is 12.0. The van der Waals surface area contributed by atoms with Crippen LogP contribution < -0.4 is 4.74 Å². The lowest BCUT2D eigenvalue weighted by molar-refractivity contribution is 0.0963. The summed E-state index contributed by atoms with van der Waals surface area (Å²) in [7, 11) is 0. The molecular weight excluding hydrogens is 280 g/mol. The number of rotatable bonds is 6. The van der Waals surface area contributed by atoms with Crippen LogP contribution in [0, 0.1) is 5.92 Å². The highest BCUT2D eigenvalue weighted by atomic mass is 79.9. The minimum atomic E-state index is 0.189. The zero-order valence-electron chi connectivity index (χ0n) is 10.6. The van der Waals surface area contributed by atoms with Crippen LogP contribution in [-0.4, -0.2) is 12.4 Å². The van der Waals surface area contributed by atoms with Gasteiger partial charge in [-0.05, 0) is 47.0 Å². The van der Waals surface area contributed by atoms with Gasteiger partial charge in [-0.2, -0.15) is 0 Å². The standard InChI is InChI=1S/C14H19BrO2/c1-4-10(3)8-14(16)12-7-6-11(17-5-2)9-13(12)15/h6-7,9-10H,4-5,8H2,1-3H3. The lowest BCUT2D eigenvalue weighted by Crippen LogP contribution is -2.06. The van der Waals surface area contributed by atoms with E-state index in [0.29, 0.717) is 18.9 Å². The maximum absolute atomic E-state index is 12.0. The normalized spacial score (nSPS) is 12.2. The fourth-order valence-corrected chi connectivity index (χ4v) is 2.13. The first-order chi connectivity index (χ1) is 8.08. The Morgan fingerprint density at radius 2 is 2.12 bits per heavy atom. The van der Waals surface area contributed by atoms with Gasteiger partial charge in [0.05, 0.1) is 6.61 Å². The molecule has 1 unspecified atom stereocenters. The van der Waals surface area contributed by atoms with Crippen molar-refractivity contribution in [1.29, 1.82) is 0 Å². The van der Waals surface area contributed by atoms with Crippen molar-refractivity contribution in [2.24, 2.45) is 5.92 Å². The monoisotopic (exact) mass is 298 g/mol. The Kier molecular flexibility index (Phi) is 5.69. The van der Waals surface area contributed by atoms with E-state index >= 15 is 0 Å². The Morgan fingerprint density at radius 3 is 2.65 bits per heavy atom. The molecule has 0 N–H and O–H groups in total. The third-order valence-electron chi connectivity index (χ3n) is 2.78. The van der Waals surface area contributed by atoms with Crippen molar-refractivity contribution in [3.05, 3.63) is 28.2 Å². The van der Waals surface area contributed by atoms with Crippen LogP contribution in [0.3, 0.4) is 0 Å². The van der Waals surface area contributed by atoms with Gasteiger partial charge in [0.2, 0.25) is 0 Å². The first-order valence-electron chi connectivity index (χ1n) is 6.04. The van der Waals surface area contributed by atoms with Crippen molar-refractivity contribution >= 4 is 21.7 Å². The van der Waals surface area contributed by atoms with Crippen molar-refractivity contribution in [2.45, 2.75) is 33.6 Å². The Balaban J connectivity index is 2.81. The Morgan fingerprint density at radius 1 is 1.41 bits per heavy atom. The molecule has 0 amide bonds. The van der Waals surface area contributed by atoms with E-state index in [4.69, 9.17) is 4.74 Å². The second kappa shape index (κ2) is 6.80. The van der Waals surface area contributed by atoms with E-state index in [-0.39, 0.29) is 5.78 Å². The number of carbonyl (C=O) groups is 1. The maximum Gasteiger partial charge on any atom is 0.164 e. The van der Waals surface area contributed by atoms with Crippen molar-refractivity contribution in [3.8, 4) is 5.75 Å². The van der Waals surface area contributed by atoms with E-state index in [1.54, 1.807) is 0 Å². The topological polar surface area (TPSA) is 26.3 Å². The number of hydrogen-bond acceptors (Lipinski definition) is 2. The number of carbonyl (C=O) groups excluding carboxylic acids is 1. The van der Waals surface area contributed by atoms with E-state index < -0.39 is 0 Å². The van der Waals surface area contributed by atoms with Gasteiger partial charge in [-0.3, -0.25) is 4.79 Å².